The molecule has 2 unspecified atom stereocenters. The van der Waals surface area contributed by atoms with Gasteiger partial charge in [-0.15, -0.1) is 0 Å². The third kappa shape index (κ3) is 5.17. The molecule has 0 bridgehead atoms. The second-order valence-corrected chi connectivity index (χ2v) is 6.36. The van der Waals surface area contributed by atoms with E-state index in [9.17, 15) is 14.0 Å². The van der Waals surface area contributed by atoms with Gasteiger partial charge >= 0.3 is 11.9 Å². The molecule has 5 heteroatoms. The highest BCUT2D eigenvalue weighted by Gasteiger charge is 2.43. The number of alkyl halides is 1. The first-order valence-electron chi connectivity index (χ1n) is 6.76. The predicted molar refractivity (Wildman–Crippen MR) is 68.5 cm³/mol. The lowest BCUT2D eigenvalue weighted by Gasteiger charge is -2.31. The van der Waals surface area contributed by atoms with Gasteiger partial charge in [-0.05, 0) is 52.4 Å². The van der Waals surface area contributed by atoms with Crippen molar-refractivity contribution in [3.63, 3.8) is 0 Å². The minimum Gasteiger partial charge on any atom is -0.479 e. The molecule has 0 saturated heterocycles. The van der Waals surface area contributed by atoms with Crippen LogP contribution < -0.4 is 0 Å². The first-order valence-corrected chi connectivity index (χ1v) is 6.76. The van der Waals surface area contributed by atoms with Gasteiger partial charge in [0, 0.05) is 6.42 Å². The summed E-state index contributed by atoms with van der Waals surface area (Å²) in [7, 11) is 0. The van der Waals surface area contributed by atoms with Gasteiger partial charge in [0.1, 0.15) is 5.60 Å². The molecular formula is C14H23FO4. The quantitative estimate of drug-likeness (QED) is 0.800. The number of hydrogen-bond acceptors (Lipinski definition) is 3. The fraction of sp³-hybridized carbons (Fsp3) is 0.857. The Labute approximate surface area is 113 Å². The van der Waals surface area contributed by atoms with Crippen LogP contribution in [-0.2, 0) is 14.3 Å². The van der Waals surface area contributed by atoms with Crippen LogP contribution in [0.1, 0.15) is 59.3 Å². The highest BCUT2D eigenvalue weighted by molar-refractivity contribution is 5.77. The number of halogens is 1. The molecule has 0 aliphatic heterocycles. The predicted octanol–water partition coefficient (Wildman–Crippen LogP) is 3.09. The summed E-state index contributed by atoms with van der Waals surface area (Å²) in [5.74, 6) is -1.74. The van der Waals surface area contributed by atoms with Gasteiger partial charge in [-0.1, -0.05) is 6.42 Å². The maximum absolute atomic E-state index is 14.0. The Kier molecular flexibility index (Phi) is 4.93. The lowest BCUT2D eigenvalue weighted by Crippen LogP contribution is -2.39. The van der Waals surface area contributed by atoms with Gasteiger partial charge in [0.05, 0.1) is 0 Å². The van der Waals surface area contributed by atoms with Crippen LogP contribution >= 0.6 is 0 Å². The fourth-order valence-corrected chi connectivity index (χ4v) is 2.49. The Balaban J connectivity index is 2.42. The molecule has 0 spiro atoms. The van der Waals surface area contributed by atoms with Crippen LogP contribution in [0.3, 0.4) is 0 Å². The Bertz CT molecular complexity index is 348. The second kappa shape index (κ2) is 5.88. The summed E-state index contributed by atoms with van der Waals surface area (Å²) in [6, 6.07) is 0. The number of aliphatic carboxylic acids is 1. The summed E-state index contributed by atoms with van der Waals surface area (Å²) < 4.78 is 19.2. The Morgan fingerprint density at radius 1 is 1.42 bits per heavy atom. The van der Waals surface area contributed by atoms with Crippen LogP contribution in [0.25, 0.3) is 0 Å². The van der Waals surface area contributed by atoms with Crippen molar-refractivity contribution in [2.75, 3.05) is 0 Å². The third-order valence-electron chi connectivity index (χ3n) is 3.36. The highest BCUT2D eigenvalue weighted by Crippen LogP contribution is 2.37. The molecule has 2 atom stereocenters. The van der Waals surface area contributed by atoms with E-state index >= 15 is 0 Å². The van der Waals surface area contributed by atoms with Gasteiger partial charge in [0.2, 0.25) is 5.67 Å². The number of ether oxygens (including phenoxy) is 1. The monoisotopic (exact) mass is 274 g/mol. The zero-order chi connectivity index (χ0) is 14.7. The summed E-state index contributed by atoms with van der Waals surface area (Å²) in [6.45, 7) is 5.38. The lowest BCUT2D eigenvalue weighted by atomic mass is 9.77. The molecule has 0 heterocycles. The summed E-state index contributed by atoms with van der Waals surface area (Å²) in [4.78, 5) is 22.4. The van der Waals surface area contributed by atoms with E-state index in [0.717, 1.165) is 6.42 Å². The topological polar surface area (TPSA) is 63.6 Å². The van der Waals surface area contributed by atoms with Crippen molar-refractivity contribution in [1.82, 2.24) is 0 Å². The molecular weight excluding hydrogens is 251 g/mol. The van der Waals surface area contributed by atoms with Crippen LogP contribution in [0, 0.1) is 5.92 Å². The molecule has 4 nitrogen and oxygen atoms in total. The van der Waals surface area contributed by atoms with E-state index in [1.165, 1.54) is 0 Å². The van der Waals surface area contributed by atoms with E-state index in [0.29, 0.717) is 12.8 Å². The molecule has 0 amide bonds. The van der Waals surface area contributed by atoms with E-state index in [4.69, 9.17) is 9.84 Å². The number of hydrogen-bond donors (Lipinski definition) is 1. The van der Waals surface area contributed by atoms with Crippen LogP contribution in [0.5, 0.6) is 0 Å². The normalized spacial score (nSPS) is 27.9. The van der Waals surface area contributed by atoms with Gasteiger partial charge in [-0.3, -0.25) is 4.79 Å². The van der Waals surface area contributed by atoms with Crippen molar-refractivity contribution >= 4 is 11.9 Å². The molecule has 1 N–H and O–H groups in total. The fourth-order valence-electron chi connectivity index (χ4n) is 2.49. The van der Waals surface area contributed by atoms with Gasteiger partial charge < -0.3 is 9.84 Å². The maximum Gasteiger partial charge on any atom is 0.341 e. The molecule has 0 aromatic rings. The average molecular weight is 274 g/mol. The standard InChI is InChI=1S/C14H23FO4/c1-13(2,3)19-11(16)7-6-10-5-4-8-14(15,9-10)12(17)18/h10H,4-9H2,1-3H3,(H,17,18). The van der Waals surface area contributed by atoms with Crippen molar-refractivity contribution in [1.29, 1.82) is 0 Å². The lowest BCUT2D eigenvalue weighted by molar-refractivity contribution is -0.156. The molecule has 0 aromatic carbocycles. The number of carboxylic acid groups (broad SMARTS) is 1. The van der Waals surface area contributed by atoms with E-state index in [-0.39, 0.29) is 31.1 Å². The van der Waals surface area contributed by atoms with Gasteiger partial charge in [-0.25, -0.2) is 9.18 Å². The summed E-state index contributed by atoms with van der Waals surface area (Å²) in [5, 5.41) is 8.88. The van der Waals surface area contributed by atoms with Crippen molar-refractivity contribution in [3.05, 3.63) is 0 Å². The second-order valence-electron chi connectivity index (χ2n) is 6.36. The molecule has 1 aliphatic rings. The summed E-state index contributed by atoms with van der Waals surface area (Å²) in [6.07, 6.45) is 2.13. The number of carboxylic acids is 1. The number of rotatable bonds is 4. The van der Waals surface area contributed by atoms with Crippen molar-refractivity contribution < 1.29 is 23.8 Å². The minimum atomic E-state index is -2.11. The van der Waals surface area contributed by atoms with Gasteiger partial charge in [0.15, 0.2) is 0 Å². The summed E-state index contributed by atoms with van der Waals surface area (Å²) >= 11 is 0. The van der Waals surface area contributed by atoms with Crippen LogP contribution in [-0.4, -0.2) is 28.3 Å². The van der Waals surface area contributed by atoms with E-state index in [2.05, 4.69) is 0 Å². The summed E-state index contributed by atoms with van der Waals surface area (Å²) in [5.41, 5.74) is -2.63. The zero-order valence-corrected chi connectivity index (χ0v) is 11.9. The number of esters is 1. The first-order chi connectivity index (χ1) is 8.62. The minimum absolute atomic E-state index is 0.00509. The van der Waals surface area contributed by atoms with Crippen LogP contribution in [0.4, 0.5) is 4.39 Å². The Morgan fingerprint density at radius 2 is 2.05 bits per heavy atom. The van der Waals surface area contributed by atoms with Crippen molar-refractivity contribution in [2.45, 2.75) is 70.6 Å². The highest BCUT2D eigenvalue weighted by atomic mass is 19.1. The van der Waals surface area contributed by atoms with E-state index in [1.807, 2.05) is 0 Å². The molecule has 0 aromatic heterocycles. The Morgan fingerprint density at radius 3 is 2.58 bits per heavy atom. The number of carbonyl (C=O) groups excluding carboxylic acids is 1. The van der Waals surface area contributed by atoms with Crippen molar-refractivity contribution in [2.24, 2.45) is 5.92 Å². The smallest absolute Gasteiger partial charge is 0.341 e. The molecule has 1 saturated carbocycles. The molecule has 1 rings (SSSR count). The SMILES string of the molecule is CC(C)(C)OC(=O)CCC1CCCC(F)(C(=O)O)C1. The average Bonchev–Trinajstić information content (AvgIpc) is 2.24. The van der Waals surface area contributed by atoms with Crippen LogP contribution in [0.2, 0.25) is 0 Å². The Hall–Kier alpha value is -1.13. The third-order valence-corrected chi connectivity index (χ3v) is 3.36. The van der Waals surface area contributed by atoms with Crippen LogP contribution in [0.15, 0.2) is 0 Å². The zero-order valence-electron chi connectivity index (χ0n) is 11.9. The molecule has 1 aliphatic carbocycles. The van der Waals surface area contributed by atoms with Gasteiger partial charge in [-0.2, -0.15) is 0 Å². The molecule has 110 valence electrons. The van der Waals surface area contributed by atoms with Crippen molar-refractivity contribution in [3.8, 4) is 0 Å². The van der Waals surface area contributed by atoms with E-state index < -0.39 is 17.2 Å². The molecule has 19 heavy (non-hydrogen) atoms. The largest absolute Gasteiger partial charge is 0.479 e. The van der Waals surface area contributed by atoms with E-state index in [1.54, 1.807) is 20.8 Å². The first kappa shape index (κ1) is 15.9. The molecule has 0 radical (unpaired) electrons. The maximum atomic E-state index is 14.0. The van der Waals surface area contributed by atoms with Gasteiger partial charge in [0.25, 0.3) is 0 Å². The molecule has 1 fully saturated rings. The number of carbonyl (C=O) groups is 2.